The highest BCUT2D eigenvalue weighted by Crippen LogP contribution is 2.35. The van der Waals surface area contributed by atoms with Crippen molar-refractivity contribution in [3.05, 3.63) is 42.2 Å². The summed E-state index contributed by atoms with van der Waals surface area (Å²) >= 11 is 0. The number of rotatable bonds is 2. The van der Waals surface area contributed by atoms with Gasteiger partial charge in [0, 0.05) is 35.8 Å². The van der Waals surface area contributed by atoms with Crippen molar-refractivity contribution in [1.29, 1.82) is 0 Å². The lowest BCUT2D eigenvalue weighted by molar-refractivity contribution is 0.700. The number of H-pyrrole nitrogens is 1. The summed E-state index contributed by atoms with van der Waals surface area (Å²) in [7, 11) is 1.92. The topological polar surface area (TPSA) is 59.4 Å². The molecule has 0 radical (unpaired) electrons. The first-order valence-corrected chi connectivity index (χ1v) is 8.57. The summed E-state index contributed by atoms with van der Waals surface area (Å²) in [5, 5.41) is 9.41. The summed E-state index contributed by atoms with van der Waals surface area (Å²) in [5.41, 5.74) is 6.52. The second-order valence-electron chi connectivity index (χ2n) is 6.73. The molecule has 1 N–H and O–H groups in total. The summed E-state index contributed by atoms with van der Waals surface area (Å²) in [6.45, 7) is 0. The molecule has 1 saturated carbocycles. The van der Waals surface area contributed by atoms with E-state index in [1.54, 1.807) is 0 Å². The van der Waals surface area contributed by atoms with Gasteiger partial charge in [0.1, 0.15) is 11.2 Å². The Labute approximate surface area is 139 Å². The van der Waals surface area contributed by atoms with E-state index >= 15 is 0 Å². The van der Waals surface area contributed by atoms with E-state index in [4.69, 9.17) is 4.98 Å². The Morgan fingerprint density at radius 1 is 1.12 bits per heavy atom. The van der Waals surface area contributed by atoms with Gasteiger partial charge in [0.15, 0.2) is 0 Å². The molecule has 0 unspecified atom stereocenters. The molecule has 3 aromatic heterocycles. The lowest BCUT2D eigenvalue weighted by Gasteiger charge is -2.08. The van der Waals surface area contributed by atoms with E-state index in [1.165, 1.54) is 42.3 Å². The van der Waals surface area contributed by atoms with Crippen molar-refractivity contribution < 1.29 is 0 Å². The van der Waals surface area contributed by atoms with Gasteiger partial charge in [-0.1, -0.05) is 24.1 Å². The highest BCUT2D eigenvalue weighted by molar-refractivity contribution is 5.95. The molecule has 0 amide bonds. The van der Waals surface area contributed by atoms with Crippen LogP contribution in [0.25, 0.3) is 33.2 Å². The maximum absolute atomic E-state index is 4.89. The van der Waals surface area contributed by atoms with Crippen LogP contribution >= 0.6 is 0 Å². The number of aryl methyl sites for hydroxylation is 1. The molecule has 5 heteroatoms. The zero-order chi connectivity index (χ0) is 16.1. The van der Waals surface area contributed by atoms with E-state index in [-0.39, 0.29) is 0 Å². The highest BCUT2D eigenvalue weighted by atomic mass is 15.4. The van der Waals surface area contributed by atoms with Crippen LogP contribution in [0.15, 0.2) is 36.5 Å². The Morgan fingerprint density at radius 3 is 2.88 bits per heavy atom. The number of hydrogen-bond donors (Lipinski definition) is 1. The predicted molar refractivity (Wildman–Crippen MR) is 94.8 cm³/mol. The molecular weight excluding hydrogens is 298 g/mol. The van der Waals surface area contributed by atoms with E-state index in [1.807, 2.05) is 17.8 Å². The molecule has 5 rings (SSSR count). The molecule has 1 aliphatic rings. The summed E-state index contributed by atoms with van der Waals surface area (Å²) < 4.78 is 1.81. The second kappa shape index (κ2) is 5.16. The fourth-order valence-electron chi connectivity index (χ4n) is 3.91. The maximum atomic E-state index is 4.89. The third kappa shape index (κ3) is 2.04. The molecule has 4 aromatic rings. The number of aromatic amines is 1. The van der Waals surface area contributed by atoms with E-state index < -0.39 is 0 Å². The number of nitrogens with zero attached hydrogens (tertiary/aromatic N) is 4. The van der Waals surface area contributed by atoms with Crippen molar-refractivity contribution >= 4 is 22.1 Å². The van der Waals surface area contributed by atoms with Crippen LogP contribution in [0, 0.1) is 0 Å². The normalized spacial score (nSPS) is 15.7. The van der Waals surface area contributed by atoms with Crippen molar-refractivity contribution in [3.8, 4) is 11.1 Å². The van der Waals surface area contributed by atoms with Gasteiger partial charge in [-0.2, -0.15) is 0 Å². The minimum absolute atomic E-state index is 0.637. The Balaban J connectivity index is 1.61. The molecule has 1 fully saturated rings. The van der Waals surface area contributed by atoms with E-state index in [2.05, 4.69) is 45.8 Å². The third-order valence-corrected chi connectivity index (χ3v) is 5.26. The molecule has 24 heavy (non-hydrogen) atoms. The molecule has 120 valence electrons. The first-order chi connectivity index (χ1) is 11.8. The minimum atomic E-state index is 0.637. The zero-order valence-corrected chi connectivity index (χ0v) is 13.7. The van der Waals surface area contributed by atoms with Crippen LogP contribution in [0.4, 0.5) is 0 Å². The fraction of sp³-hybridized carbons (Fsp3) is 0.316. The smallest absolute Gasteiger partial charge is 0.138 e. The van der Waals surface area contributed by atoms with Gasteiger partial charge in [0.05, 0.1) is 5.52 Å². The van der Waals surface area contributed by atoms with Crippen LogP contribution in [0.5, 0.6) is 0 Å². The summed E-state index contributed by atoms with van der Waals surface area (Å²) in [6.07, 6.45) is 7.27. The molecule has 0 bridgehead atoms. The fourth-order valence-corrected chi connectivity index (χ4v) is 3.91. The second-order valence-corrected chi connectivity index (χ2v) is 6.73. The van der Waals surface area contributed by atoms with Gasteiger partial charge in [-0.15, -0.1) is 5.10 Å². The average molecular weight is 317 g/mol. The largest absolute Gasteiger partial charge is 0.346 e. The first kappa shape index (κ1) is 13.7. The molecule has 1 aliphatic carbocycles. The number of nitrogens with one attached hydrogen (secondary N) is 1. The van der Waals surface area contributed by atoms with E-state index in [9.17, 15) is 0 Å². The number of benzene rings is 1. The number of pyridine rings is 1. The predicted octanol–water partition coefficient (Wildman–Crippen LogP) is 4.17. The summed E-state index contributed by atoms with van der Waals surface area (Å²) in [5.74, 6) is 0.637. The molecule has 0 atom stereocenters. The third-order valence-electron chi connectivity index (χ3n) is 5.26. The van der Waals surface area contributed by atoms with Crippen molar-refractivity contribution in [2.75, 3.05) is 0 Å². The lowest BCUT2D eigenvalue weighted by Crippen LogP contribution is -1.96. The quantitative estimate of drug-likeness (QED) is 0.603. The minimum Gasteiger partial charge on any atom is -0.346 e. The number of fused-ring (bicyclic) bond motifs is 2. The highest BCUT2D eigenvalue weighted by Gasteiger charge is 2.19. The molecule has 0 aliphatic heterocycles. The van der Waals surface area contributed by atoms with Gasteiger partial charge in [0.25, 0.3) is 0 Å². The van der Waals surface area contributed by atoms with E-state index in [0.29, 0.717) is 5.92 Å². The lowest BCUT2D eigenvalue weighted by atomic mass is 10.0. The number of aromatic nitrogens is 5. The monoisotopic (exact) mass is 317 g/mol. The van der Waals surface area contributed by atoms with Gasteiger partial charge >= 0.3 is 0 Å². The first-order valence-electron chi connectivity index (χ1n) is 8.57. The van der Waals surface area contributed by atoms with Crippen LogP contribution in [-0.4, -0.2) is 25.0 Å². The summed E-state index contributed by atoms with van der Waals surface area (Å²) in [4.78, 5) is 8.25. The van der Waals surface area contributed by atoms with E-state index in [0.717, 1.165) is 22.2 Å². The Morgan fingerprint density at radius 2 is 2.00 bits per heavy atom. The van der Waals surface area contributed by atoms with Gasteiger partial charge in [-0.25, -0.2) is 9.67 Å². The average Bonchev–Trinajstić information content (AvgIpc) is 3.34. The Hall–Kier alpha value is -2.69. The zero-order valence-electron chi connectivity index (χ0n) is 13.7. The van der Waals surface area contributed by atoms with Crippen LogP contribution in [0.2, 0.25) is 0 Å². The Bertz CT molecular complexity index is 1040. The molecule has 1 aromatic carbocycles. The molecule has 0 saturated heterocycles. The van der Waals surface area contributed by atoms with Crippen LogP contribution in [-0.2, 0) is 7.05 Å². The van der Waals surface area contributed by atoms with Crippen LogP contribution in [0.1, 0.15) is 37.3 Å². The van der Waals surface area contributed by atoms with Crippen molar-refractivity contribution in [1.82, 2.24) is 25.0 Å². The van der Waals surface area contributed by atoms with Crippen LogP contribution in [0.3, 0.4) is 0 Å². The molecule has 3 heterocycles. The summed E-state index contributed by atoms with van der Waals surface area (Å²) in [6, 6.07) is 10.7. The molecular formula is C19H19N5. The van der Waals surface area contributed by atoms with Crippen LogP contribution < -0.4 is 0 Å². The van der Waals surface area contributed by atoms with Crippen molar-refractivity contribution in [2.45, 2.75) is 31.6 Å². The standard InChI is InChI=1S/C19H19N5/c1-24-18-10-13(6-8-17(18)22-23-24)15-11-20-19-14(15)7-9-16(21-19)12-4-2-3-5-12/h6-12H,2-5H2,1H3,(H,20,21). The van der Waals surface area contributed by atoms with Crippen molar-refractivity contribution in [3.63, 3.8) is 0 Å². The van der Waals surface area contributed by atoms with Crippen molar-refractivity contribution in [2.24, 2.45) is 7.05 Å². The molecule has 5 nitrogen and oxygen atoms in total. The SMILES string of the molecule is Cn1nnc2ccc(-c3c[nH]c4nc(C5CCCC5)ccc34)cc21. The number of hydrogen-bond acceptors (Lipinski definition) is 3. The van der Waals surface area contributed by atoms with Gasteiger partial charge in [0.2, 0.25) is 0 Å². The maximum Gasteiger partial charge on any atom is 0.138 e. The molecule has 0 spiro atoms. The van der Waals surface area contributed by atoms with Gasteiger partial charge < -0.3 is 4.98 Å². The van der Waals surface area contributed by atoms with Gasteiger partial charge in [-0.05, 0) is 42.7 Å². The Kier molecular flexibility index (Phi) is 2.95. The van der Waals surface area contributed by atoms with Gasteiger partial charge in [-0.3, -0.25) is 0 Å².